The van der Waals surface area contributed by atoms with Gasteiger partial charge in [-0.3, -0.25) is 14.9 Å². The van der Waals surface area contributed by atoms with Gasteiger partial charge in [-0.25, -0.2) is 0 Å². The van der Waals surface area contributed by atoms with Gasteiger partial charge in [-0.1, -0.05) is 23.2 Å². The Hall–Kier alpha value is -1.53. The van der Waals surface area contributed by atoms with Gasteiger partial charge >= 0.3 is 0 Å². The highest BCUT2D eigenvalue weighted by Gasteiger charge is 2.21. The van der Waals surface area contributed by atoms with Crippen LogP contribution in [0.5, 0.6) is 0 Å². The van der Waals surface area contributed by atoms with E-state index in [-0.39, 0.29) is 27.7 Å². The summed E-state index contributed by atoms with van der Waals surface area (Å²) in [5, 5.41) is 16.8. The van der Waals surface area contributed by atoms with Crippen LogP contribution < -0.4 is 10.6 Å². The molecule has 1 amide bonds. The van der Waals surface area contributed by atoms with Crippen LogP contribution in [0.25, 0.3) is 0 Å². The van der Waals surface area contributed by atoms with Crippen LogP contribution in [0.3, 0.4) is 0 Å². The van der Waals surface area contributed by atoms with Crippen molar-refractivity contribution in [2.45, 2.75) is 18.9 Å². The Labute approximate surface area is 119 Å². The second-order valence-electron chi connectivity index (χ2n) is 4.23. The van der Waals surface area contributed by atoms with Crippen LogP contribution >= 0.6 is 23.2 Å². The van der Waals surface area contributed by atoms with E-state index in [1.54, 1.807) is 0 Å². The molecule has 2 rings (SSSR count). The van der Waals surface area contributed by atoms with Gasteiger partial charge in [0.25, 0.3) is 5.69 Å². The minimum Gasteiger partial charge on any atom is -0.381 e. The number of hydrogen-bond donors (Lipinski definition) is 2. The van der Waals surface area contributed by atoms with Gasteiger partial charge in [-0.2, -0.15) is 0 Å². The highest BCUT2D eigenvalue weighted by molar-refractivity contribution is 6.39. The molecule has 0 saturated carbocycles. The van der Waals surface area contributed by atoms with Crippen LogP contribution in [-0.4, -0.2) is 23.4 Å². The topological polar surface area (TPSA) is 84.3 Å². The molecule has 1 aliphatic rings. The molecule has 1 fully saturated rings. The number of amides is 1. The number of nitrogens with zero attached hydrogens (tertiary/aromatic N) is 1. The van der Waals surface area contributed by atoms with Crippen molar-refractivity contribution >= 4 is 40.5 Å². The molecule has 6 nitrogen and oxygen atoms in total. The predicted octanol–water partition coefficient (Wildman–Crippen LogP) is 2.59. The lowest BCUT2D eigenvalue weighted by Gasteiger charge is -2.14. The summed E-state index contributed by atoms with van der Waals surface area (Å²) in [5.41, 5.74) is 0.282. The Morgan fingerprint density at radius 3 is 2.53 bits per heavy atom. The van der Waals surface area contributed by atoms with E-state index in [0.717, 1.165) is 6.42 Å². The standard InChI is InChI=1S/C11H11Cl2N3O3/c12-8-3-7(16(18)19)4-9(13)11(8)14-5-6-1-2-10(17)15-6/h3-4,6,14H,1-2,5H2,(H,15,17). The number of nitro groups is 1. The van der Waals surface area contributed by atoms with Crippen molar-refractivity contribution in [2.75, 3.05) is 11.9 Å². The molecule has 1 aliphatic heterocycles. The molecule has 1 aromatic carbocycles. The molecule has 1 saturated heterocycles. The third-order valence-corrected chi connectivity index (χ3v) is 3.44. The van der Waals surface area contributed by atoms with Crippen molar-refractivity contribution in [3.8, 4) is 0 Å². The minimum absolute atomic E-state index is 0.0210. The van der Waals surface area contributed by atoms with Crippen molar-refractivity contribution in [3.05, 3.63) is 32.3 Å². The van der Waals surface area contributed by atoms with Crippen LogP contribution in [0.4, 0.5) is 11.4 Å². The highest BCUT2D eigenvalue weighted by Crippen LogP contribution is 2.34. The summed E-state index contributed by atoms with van der Waals surface area (Å²) >= 11 is 11.9. The lowest BCUT2D eigenvalue weighted by molar-refractivity contribution is -0.384. The highest BCUT2D eigenvalue weighted by atomic mass is 35.5. The van der Waals surface area contributed by atoms with E-state index in [1.807, 2.05) is 0 Å². The quantitative estimate of drug-likeness (QED) is 0.661. The van der Waals surface area contributed by atoms with Gasteiger partial charge in [0.2, 0.25) is 5.91 Å². The second-order valence-corrected chi connectivity index (χ2v) is 5.04. The van der Waals surface area contributed by atoms with Crippen molar-refractivity contribution < 1.29 is 9.72 Å². The molecule has 1 heterocycles. The molecule has 0 aromatic heterocycles. The zero-order valence-corrected chi connectivity index (χ0v) is 11.3. The van der Waals surface area contributed by atoms with Crippen LogP contribution in [0, 0.1) is 10.1 Å². The maximum Gasteiger partial charge on any atom is 0.272 e. The van der Waals surface area contributed by atoms with Gasteiger partial charge < -0.3 is 10.6 Å². The number of rotatable bonds is 4. The summed E-state index contributed by atoms with van der Waals surface area (Å²) in [5.74, 6) is 0.0210. The molecule has 0 radical (unpaired) electrons. The maximum absolute atomic E-state index is 11.1. The summed E-state index contributed by atoms with van der Waals surface area (Å²) in [6.45, 7) is 0.475. The van der Waals surface area contributed by atoms with E-state index < -0.39 is 4.92 Å². The van der Waals surface area contributed by atoms with E-state index in [9.17, 15) is 14.9 Å². The number of nitrogens with one attached hydrogen (secondary N) is 2. The molecule has 1 atom stereocenters. The monoisotopic (exact) mass is 303 g/mol. The van der Waals surface area contributed by atoms with Crippen LogP contribution in [0.2, 0.25) is 10.0 Å². The zero-order chi connectivity index (χ0) is 14.0. The number of benzene rings is 1. The largest absolute Gasteiger partial charge is 0.381 e. The third-order valence-electron chi connectivity index (χ3n) is 2.85. The van der Waals surface area contributed by atoms with E-state index in [2.05, 4.69) is 10.6 Å². The first-order valence-electron chi connectivity index (χ1n) is 5.64. The molecule has 102 valence electrons. The molecule has 8 heteroatoms. The molecule has 0 bridgehead atoms. The number of halogens is 2. The lowest BCUT2D eigenvalue weighted by atomic mass is 10.2. The summed E-state index contributed by atoms with van der Waals surface area (Å²) in [7, 11) is 0. The van der Waals surface area contributed by atoms with Crippen LogP contribution in [0.1, 0.15) is 12.8 Å². The number of carbonyl (C=O) groups is 1. The summed E-state index contributed by atoms with van der Waals surface area (Å²) in [6.07, 6.45) is 1.25. The Kier molecular flexibility index (Phi) is 4.11. The number of non-ortho nitro benzene ring substituents is 1. The van der Waals surface area contributed by atoms with Crippen LogP contribution in [0.15, 0.2) is 12.1 Å². The van der Waals surface area contributed by atoms with E-state index >= 15 is 0 Å². The fourth-order valence-corrected chi connectivity index (χ4v) is 2.50. The first-order chi connectivity index (χ1) is 8.97. The molecule has 19 heavy (non-hydrogen) atoms. The van der Waals surface area contributed by atoms with Gasteiger partial charge in [0.1, 0.15) is 0 Å². The number of nitro benzene ring substituents is 1. The van der Waals surface area contributed by atoms with Crippen molar-refractivity contribution in [1.29, 1.82) is 0 Å². The molecule has 1 unspecified atom stereocenters. The zero-order valence-electron chi connectivity index (χ0n) is 9.78. The van der Waals surface area contributed by atoms with Crippen molar-refractivity contribution in [3.63, 3.8) is 0 Å². The Balaban J connectivity index is 2.08. The molecule has 1 aromatic rings. The smallest absolute Gasteiger partial charge is 0.272 e. The summed E-state index contributed by atoms with van der Waals surface area (Å²) in [4.78, 5) is 21.1. The first kappa shape index (κ1) is 13.9. The molecule has 2 N–H and O–H groups in total. The third kappa shape index (κ3) is 3.27. The average molecular weight is 304 g/mol. The fourth-order valence-electron chi connectivity index (χ4n) is 1.89. The minimum atomic E-state index is -0.557. The Morgan fingerprint density at radius 1 is 1.42 bits per heavy atom. The lowest BCUT2D eigenvalue weighted by Crippen LogP contribution is -2.31. The van der Waals surface area contributed by atoms with Crippen LogP contribution in [-0.2, 0) is 4.79 Å². The Bertz CT molecular complexity index is 513. The van der Waals surface area contributed by atoms with Gasteiger partial charge in [0.05, 0.1) is 20.7 Å². The number of anilines is 1. The average Bonchev–Trinajstić information content (AvgIpc) is 2.73. The van der Waals surface area contributed by atoms with E-state index in [4.69, 9.17) is 23.2 Å². The number of carbonyl (C=O) groups excluding carboxylic acids is 1. The van der Waals surface area contributed by atoms with Gasteiger partial charge in [-0.15, -0.1) is 0 Å². The molecular formula is C11H11Cl2N3O3. The summed E-state index contributed by atoms with van der Waals surface area (Å²) in [6, 6.07) is 2.50. The van der Waals surface area contributed by atoms with Crippen molar-refractivity contribution in [1.82, 2.24) is 5.32 Å². The first-order valence-corrected chi connectivity index (χ1v) is 6.39. The molecule has 0 aliphatic carbocycles. The van der Waals surface area contributed by atoms with E-state index in [1.165, 1.54) is 12.1 Å². The SMILES string of the molecule is O=C1CCC(CNc2c(Cl)cc([N+](=O)[O-])cc2Cl)N1. The number of hydrogen-bond acceptors (Lipinski definition) is 4. The molecular weight excluding hydrogens is 293 g/mol. The normalized spacial score (nSPS) is 18.2. The van der Waals surface area contributed by atoms with Gasteiger partial charge in [0.15, 0.2) is 0 Å². The van der Waals surface area contributed by atoms with Gasteiger partial charge in [0, 0.05) is 31.1 Å². The van der Waals surface area contributed by atoms with Gasteiger partial charge in [-0.05, 0) is 6.42 Å². The predicted molar refractivity (Wildman–Crippen MR) is 72.8 cm³/mol. The summed E-state index contributed by atoms with van der Waals surface area (Å²) < 4.78 is 0. The van der Waals surface area contributed by atoms with E-state index in [0.29, 0.717) is 18.7 Å². The Morgan fingerprint density at radius 2 is 2.05 bits per heavy atom. The maximum atomic E-state index is 11.1. The second kappa shape index (κ2) is 5.63. The fraction of sp³-hybridized carbons (Fsp3) is 0.364. The van der Waals surface area contributed by atoms with Crippen molar-refractivity contribution in [2.24, 2.45) is 0 Å². The molecule has 0 spiro atoms.